The van der Waals surface area contributed by atoms with Crippen LogP contribution < -0.4 is 10.9 Å². The number of hydrogen-bond donors (Lipinski definition) is 2. The Kier molecular flexibility index (Phi) is 4.56. The monoisotopic (exact) mass is 271 g/mol. The number of para-hydroxylation sites is 1. The molecule has 0 fully saturated rings. The summed E-state index contributed by atoms with van der Waals surface area (Å²) in [5.41, 5.74) is 2.89. The lowest BCUT2D eigenvalue weighted by Crippen LogP contribution is -2.12. The highest BCUT2D eigenvalue weighted by molar-refractivity contribution is 5.59. The number of anilines is 2. The van der Waals surface area contributed by atoms with E-state index >= 15 is 0 Å². The van der Waals surface area contributed by atoms with Gasteiger partial charge >= 0.3 is 0 Å². The third kappa shape index (κ3) is 3.47. The highest BCUT2D eigenvalue weighted by Gasteiger charge is 2.07. The third-order valence-electron chi connectivity index (χ3n) is 3.14. The maximum absolute atomic E-state index is 11.7. The zero-order valence-corrected chi connectivity index (χ0v) is 12.2. The lowest BCUT2D eigenvalue weighted by Gasteiger charge is -2.14. The van der Waals surface area contributed by atoms with E-state index < -0.39 is 0 Å². The maximum atomic E-state index is 11.7. The second kappa shape index (κ2) is 6.37. The minimum Gasteiger partial charge on any atom is -0.325 e. The maximum Gasteiger partial charge on any atom is 0.252 e. The van der Waals surface area contributed by atoms with E-state index in [4.69, 9.17) is 0 Å². The molecule has 0 aliphatic heterocycles. The van der Waals surface area contributed by atoms with Crippen molar-refractivity contribution < 1.29 is 0 Å². The van der Waals surface area contributed by atoms with Crippen LogP contribution in [0.5, 0.6) is 0 Å². The standard InChI is InChI=1S/C16H21N3O/c1-4-7-12-10-15(20)19-16(17-12)18-14-9-6-5-8-13(14)11(2)3/h5-6,8-11H,4,7H2,1-3H3,(H2,17,18,19,20). The minimum absolute atomic E-state index is 0.118. The van der Waals surface area contributed by atoms with E-state index in [-0.39, 0.29) is 5.56 Å². The van der Waals surface area contributed by atoms with Gasteiger partial charge in [-0.3, -0.25) is 9.78 Å². The Bertz CT molecular complexity index is 632. The summed E-state index contributed by atoms with van der Waals surface area (Å²) < 4.78 is 0. The molecule has 0 unspecified atom stereocenters. The van der Waals surface area contributed by atoms with E-state index in [1.165, 1.54) is 5.56 Å². The molecular weight excluding hydrogens is 250 g/mol. The van der Waals surface area contributed by atoms with Crippen LogP contribution in [-0.2, 0) is 6.42 Å². The second-order valence-electron chi connectivity index (χ2n) is 5.20. The lowest BCUT2D eigenvalue weighted by molar-refractivity contribution is 0.861. The van der Waals surface area contributed by atoms with Crippen LogP contribution in [0, 0.1) is 0 Å². The smallest absolute Gasteiger partial charge is 0.252 e. The van der Waals surface area contributed by atoms with Gasteiger partial charge in [0.2, 0.25) is 5.95 Å². The van der Waals surface area contributed by atoms with Gasteiger partial charge < -0.3 is 5.32 Å². The highest BCUT2D eigenvalue weighted by Crippen LogP contribution is 2.25. The van der Waals surface area contributed by atoms with Gasteiger partial charge in [0.1, 0.15) is 0 Å². The molecular formula is C16H21N3O. The molecule has 2 aromatic rings. The molecule has 4 heteroatoms. The Morgan fingerprint density at radius 2 is 2.05 bits per heavy atom. The number of aromatic nitrogens is 2. The molecule has 1 heterocycles. The van der Waals surface area contributed by atoms with E-state index in [0.29, 0.717) is 11.9 Å². The first-order valence-corrected chi connectivity index (χ1v) is 7.06. The zero-order valence-electron chi connectivity index (χ0n) is 12.2. The average Bonchev–Trinajstić information content (AvgIpc) is 2.38. The molecule has 2 N–H and O–H groups in total. The molecule has 0 spiro atoms. The molecule has 0 bridgehead atoms. The van der Waals surface area contributed by atoms with Gasteiger partial charge in [-0.25, -0.2) is 4.98 Å². The van der Waals surface area contributed by atoms with E-state index in [1.54, 1.807) is 6.07 Å². The minimum atomic E-state index is -0.118. The summed E-state index contributed by atoms with van der Waals surface area (Å²) in [4.78, 5) is 18.9. The van der Waals surface area contributed by atoms with Crippen LogP contribution in [0.15, 0.2) is 35.1 Å². The Balaban J connectivity index is 2.32. The van der Waals surface area contributed by atoms with Gasteiger partial charge in [0, 0.05) is 17.4 Å². The quantitative estimate of drug-likeness (QED) is 0.873. The Morgan fingerprint density at radius 3 is 2.75 bits per heavy atom. The molecule has 20 heavy (non-hydrogen) atoms. The van der Waals surface area contributed by atoms with Gasteiger partial charge in [0.05, 0.1) is 0 Å². The van der Waals surface area contributed by atoms with Crippen molar-refractivity contribution in [3.8, 4) is 0 Å². The fourth-order valence-corrected chi connectivity index (χ4v) is 2.19. The number of aryl methyl sites for hydroxylation is 1. The largest absolute Gasteiger partial charge is 0.325 e. The van der Waals surface area contributed by atoms with Gasteiger partial charge in [-0.1, -0.05) is 45.4 Å². The van der Waals surface area contributed by atoms with Gasteiger partial charge in [-0.15, -0.1) is 0 Å². The van der Waals surface area contributed by atoms with Crippen LogP contribution in [0.1, 0.15) is 44.4 Å². The summed E-state index contributed by atoms with van der Waals surface area (Å²) in [5, 5.41) is 3.23. The molecule has 106 valence electrons. The summed E-state index contributed by atoms with van der Waals surface area (Å²) in [5.74, 6) is 0.915. The normalized spacial score (nSPS) is 10.8. The van der Waals surface area contributed by atoms with Crippen LogP contribution in [0.25, 0.3) is 0 Å². The molecule has 1 aromatic carbocycles. The van der Waals surface area contributed by atoms with Gasteiger partial charge in [0.15, 0.2) is 0 Å². The van der Waals surface area contributed by atoms with Crippen LogP contribution >= 0.6 is 0 Å². The van der Waals surface area contributed by atoms with Crippen molar-refractivity contribution in [2.45, 2.75) is 39.5 Å². The number of H-pyrrole nitrogens is 1. The first-order chi connectivity index (χ1) is 9.60. The molecule has 0 aliphatic rings. The average molecular weight is 271 g/mol. The summed E-state index contributed by atoms with van der Waals surface area (Å²) in [6.45, 7) is 6.36. The van der Waals surface area contributed by atoms with Crippen LogP contribution in [0.4, 0.5) is 11.6 Å². The van der Waals surface area contributed by atoms with Crippen LogP contribution in [0.3, 0.4) is 0 Å². The lowest BCUT2D eigenvalue weighted by atomic mass is 10.0. The van der Waals surface area contributed by atoms with E-state index in [0.717, 1.165) is 24.2 Å². The van der Waals surface area contributed by atoms with Crippen LogP contribution in [-0.4, -0.2) is 9.97 Å². The molecule has 0 aliphatic carbocycles. The first kappa shape index (κ1) is 14.3. The first-order valence-electron chi connectivity index (χ1n) is 7.06. The third-order valence-corrected chi connectivity index (χ3v) is 3.14. The Labute approximate surface area is 119 Å². The fraction of sp³-hybridized carbons (Fsp3) is 0.375. The SMILES string of the molecule is CCCc1cc(=O)[nH]c(Nc2ccccc2C(C)C)n1. The van der Waals surface area contributed by atoms with Gasteiger partial charge in [-0.05, 0) is 24.0 Å². The molecule has 0 radical (unpaired) electrons. The summed E-state index contributed by atoms with van der Waals surface area (Å²) in [7, 11) is 0. The predicted molar refractivity (Wildman–Crippen MR) is 82.7 cm³/mol. The number of hydrogen-bond acceptors (Lipinski definition) is 3. The second-order valence-corrected chi connectivity index (χ2v) is 5.20. The molecule has 0 saturated carbocycles. The Morgan fingerprint density at radius 1 is 1.30 bits per heavy atom. The van der Waals surface area contributed by atoms with Gasteiger partial charge in [0.25, 0.3) is 5.56 Å². The fourth-order valence-electron chi connectivity index (χ4n) is 2.19. The van der Waals surface area contributed by atoms with Crippen molar-refractivity contribution in [2.24, 2.45) is 0 Å². The molecule has 0 amide bonds. The van der Waals surface area contributed by atoms with Gasteiger partial charge in [-0.2, -0.15) is 0 Å². The zero-order chi connectivity index (χ0) is 14.5. The van der Waals surface area contributed by atoms with Crippen molar-refractivity contribution in [2.75, 3.05) is 5.32 Å². The molecule has 0 atom stereocenters. The summed E-state index contributed by atoms with van der Waals surface area (Å²) >= 11 is 0. The van der Waals surface area contributed by atoms with Crippen molar-refractivity contribution in [3.05, 3.63) is 51.9 Å². The van der Waals surface area contributed by atoms with Crippen LogP contribution in [0.2, 0.25) is 0 Å². The number of nitrogens with zero attached hydrogens (tertiary/aromatic N) is 1. The van der Waals surface area contributed by atoms with Crippen molar-refractivity contribution in [3.63, 3.8) is 0 Å². The topological polar surface area (TPSA) is 57.8 Å². The van der Waals surface area contributed by atoms with E-state index in [1.807, 2.05) is 18.2 Å². The predicted octanol–water partition coefficient (Wildman–Crippen LogP) is 3.59. The van der Waals surface area contributed by atoms with E-state index in [9.17, 15) is 4.79 Å². The number of rotatable bonds is 5. The number of benzene rings is 1. The van der Waals surface area contributed by atoms with E-state index in [2.05, 4.69) is 42.1 Å². The molecule has 4 nitrogen and oxygen atoms in total. The van der Waals surface area contributed by atoms with Crippen molar-refractivity contribution >= 4 is 11.6 Å². The molecule has 1 aromatic heterocycles. The summed E-state index contributed by atoms with van der Waals surface area (Å²) in [6.07, 6.45) is 1.78. The molecule has 2 rings (SSSR count). The van der Waals surface area contributed by atoms with Crippen molar-refractivity contribution in [1.29, 1.82) is 0 Å². The number of aromatic amines is 1. The summed E-state index contributed by atoms with van der Waals surface area (Å²) in [6, 6.07) is 9.64. The highest BCUT2D eigenvalue weighted by atomic mass is 16.1. The Hall–Kier alpha value is -2.10. The number of nitrogens with one attached hydrogen (secondary N) is 2. The molecule has 0 saturated heterocycles. The van der Waals surface area contributed by atoms with Crippen molar-refractivity contribution in [1.82, 2.24) is 9.97 Å².